The van der Waals surface area contributed by atoms with Crippen molar-refractivity contribution in [2.75, 3.05) is 0 Å². The van der Waals surface area contributed by atoms with E-state index < -0.39 is 0 Å². The molecule has 1 aliphatic rings. The molecule has 1 N–H and O–H groups in total. The molecule has 0 spiro atoms. The van der Waals surface area contributed by atoms with E-state index >= 15 is 0 Å². The molecule has 0 radical (unpaired) electrons. The predicted molar refractivity (Wildman–Crippen MR) is 61.2 cm³/mol. The molecule has 0 aliphatic carbocycles. The molecular formula is C11H19NS. The van der Waals surface area contributed by atoms with E-state index in [4.69, 9.17) is 0 Å². The van der Waals surface area contributed by atoms with E-state index in [2.05, 4.69) is 45.3 Å². The second kappa shape index (κ2) is 3.79. The van der Waals surface area contributed by atoms with Gasteiger partial charge in [0.1, 0.15) is 0 Å². The lowest BCUT2D eigenvalue weighted by Crippen LogP contribution is -2.24. The topological polar surface area (TPSA) is 12.0 Å². The summed E-state index contributed by atoms with van der Waals surface area (Å²) in [5, 5.41) is 5.48. The lowest BCUT2D eigenvalue weighted by molar-refractivity contribution is 0.469. The van der Waals surface area contributed by atoms with Crippen molar-refractivity contribution in [3.05, 3.63) is 22.2 Å². The Morgan fingerprint density at radius 3 is 2.31 bits per heavy atom. The minimum Gasteiger partial charge on any atom is -0.363 e. The maximum Gasteiger partial charge on any atom is 0.0303 e. The van der Waals surface area contributed by atoms with Crippen LogP contribution in [-0.2, 0) is 0 Å². The highest BCUT2D eigenvalue weighted by molar-refractivity contribution is 8.05. The van der Waals surface area contributed by atoms with E-state index in [-0.39, 0.29) is 5.41 Å². The standard InChI is InChI=1S/C11H19NS/c1-8(2)9-10(11(3,4)5)12-6-7-13-9/h6-8,12H,1-5H3. The Kier molecular flexibility index (Phi) is 3.12. The largest absolute Gasteiger partial charge is 0.363 e. The number of hydrogen-bond acceptors (Lipinski definition) is 2. The summed E-state index contributed by atoms with van der Waals surface area (Å²) in [4.78, 5) is 1.47. The van der Waals surface area contributed by atoms with Gasteiger partial charge in [-0.2, -0.15) is 0 Å². The van der Waals surface area contributed by atoms with Crippen molar-refractivity contribution in [2.45, 2.75) is 34.6 Å². The fourth-order valence-corrected chi connectivity index (χ4v) is 2.40. The van der Waals surface area contributed by atoms with Crippen LogP contribution in [0.15, 0.2) is 22.2 Å². The Morgan fingerprint density at radius 1 is 1.31 bits per heavy atom. The van der Waals surface area contributed by atoms with Gasteiger partial charge in [0.25, 0.3) is 0 Å². The van der Waals surface area contributed by atoms with Gasteiger partial charge in [-0.3, -0.25) is 0 Å². The average molecular weight is 197 g/mol. The molecule has 1 aliphatic heterocycles. The van der Waals surface area contributed by atoms with Crippen LogP contribution in [0.1, 0.15) is 34.6 Å². The first-order valence-electron chi connectivity index (χ1n) is 4.76. The van der Waals surface area contributed by atoms with Crippen LogP contribution < -0.4 is 5.32 Å². The number of thioether (sulfide) groups is 1. The van der Waals surface area contributed by atoms with E-state index in [1.807, 2.05) is 18.0 Å². The second-order valence-electron chi connectivity index (χ2n) is 4.71. The maximum absolute atomic E-state index is 3.37. The van der Waals surface area contributed by atoms with Crippen molar-refractivity contribution in [1.29, 1.82) is 0 Å². The Morgan fingerprint density at radius 2 is 1.92 bits per heavy atom. The van der Waals surface area contributed by atoms with Gasteiger partial charge in [-0.1, -0.05) is 46.4 Å². The molecule has 0 aromatic carbocycles. The van der Waals surface area contributed by atoms with Gasteiger partial charge >= 0.3 is 0 Å². The monoisotopic (exact) mass is 197 g/mol. The SMILES string of the molecule is CC(C)C1=C(C(C)(C)C)NC=CS1. The summed E-state index contributed by atoms with van der Waals surface area (Å²) in [6.07, 6.45) is 2.02. The zero-order valence-electron chi connectivity index (χ0n) is 9.14. The number of hydrogen-bond donors (Lipinski definition) is 1. The summed E-state index contributed by atoms with van der Waals surface area (Å²) in [5.41, 5.74) is 1.59. The molecule has 2 heteroatoms. The van der Waals surface area contributed by atoms with Crippen molar-refractivity contribution < 1.29 is 0 Å². The quantitative estimate of drug-likeness (QED) is 0.688. The van der Waals surface area contributed by atoms with Crippen LogP contribution in [-0.4, -0.2) is 0 Å². The highest BCUT2D eigenvalue weighted by Gasteiger charge is 2.23. The first-order chi connectivity index (χ1) is 5.93. The molecular weight excluding hydrogens is 178 g/mol. The fraction of sp³-hybridized carbons (Fsp3) is 0.636. The van der Waals surface area contributed by atoms with Crippen molar-refractivity contribution in [3.63, 3.8) is 0 Å². The van der Waals surface area contributed by atoms with Crippen molar-refractivity contribution in [2.24, 2.45) is 11.3 Å². The van der Waals surface area contributed by atoms with Gasteiger partial charge in [0, 0.05) is 22.2 Å². The van der Waals surface area contributed by atoms with Crippen LogP contribution in [0.4, 0.5) is 0 Å². The molecule has 13 heavy (non-hydrogen) atoms. The molecule has 0 bridgehead atoms. The molecule has 1 rings (SSSR count). The molecule has 1 nitrogen and oxygen atoms in total. The van der Waals surface area contributed by atoms with Gasteiger partial charge in [0.05, 0.1) is 0 Å². The second-order valence-corrected chi connectivity index (χ2v) is 5.66. The van der Waals surface area contributed by atoms with Crippen LogP contribution in [0.25, 0.3) is 0 Å². The Balaban J connectivity index is 2.99. The third-order valence-electron chi connectivity index (χ3n) is 2.01. The van der Waals surface area contributed by atoms with Crippen molar-refractivity contribution in [1.82, 2.24) is 5.32 Å². The van der Waals surface area contributed by atoms with E-state index in [1.54, 1.807) is 0 Å². The van der Waals surface area contributed by atoms with Gasteiger partial charge in [0.2, 0.25) is 0 Å². The normalized spacial score (nSPS) is 18.0. The highest BCUT2D eigenvalue weighted by atomic mass is 32.2. The summed E-state index contributed by atoms with van der Waals surface area (Å²) in [6.45, 7) is 11.2. The molecule has 0 atom stereocenters. The number of allylic oxidation sites excluding steroid dienone is 2. The number of nitrogens with one attached hydrogen (secondary N) is 1. The fourth-order valence-electron chi connectivity index (χ4n) is 1.37. The lowest BCUT2D eigenvalue weighted by Gasteiger charge is -2.29. The van der Waals surface area contributed by atoms with E-state index in [9.17, 15) is 0 Å². The molecule has 74 valence electrons. The molecule has 0 aromatic rings. The van der Waals surface area contributed by atoms with Crippen molar-refractivity contribution >= 4 is 11.8 Å². The van der Waals surface area contributed by atoms with Crippen LogP contribution in [0, 0.1) is 11.3 Å². The molecule has 0 unspecified atom stereocenters. The average Bonchev–Trinajstić information content (AvgIpc) is 2.03. The van der Waals surface area contributed by atoms with Crippen molar-refractivity contribution in [3.8, 4) is 0 Å². The first-order valence-corrected chi connectivity index (χ1v) is 5.63. The maximum atomic E-state index is 3.37. The van der Waals surface area contributed by atoms with Crippen LogP contribution >= 0.6 is 11.8 Å². The molecule has 0 saturated carbocycles. The van der Waals surface area contributed by atoms with Crippen LogP contribution in [0.3, 0.4) is 0 Å². The minimum absolute atomic E-state index is 0.220. The van der Waals surface area contributed by atoms with Crippen LogP contribution in [0.2, 0.25) is 0 Å². The predicted octanol–water partition coefficient (Wildman–Crippen LogP) is 3.71. The lowest BCUT2D eigenvalue weighted by atomic mass is 9.89. The summed E-state index contributed by atoms with van der Waals surface area (Å²) in [5.74, 6) is 0.608. The van der Waals surface area contributed by atoms with E-state index in [0.717, 1.165) is 0 Å². The smallest absolute Gasteiger partial charge is 0.0303 e. The minimum atomic E-state index is 0.220. The van der Waals surface area contributed by atoms with E-state index in [1.165, 1.54) is 10.6 Å². The first kappa shape index (κ1) is 10.7. The Bertz CT molecular complexity index is 243. The third-order valence-corrected chi connectivity index (χ3v) is 3.21. The van der Waals surface area contributed by atoms with E-state index in [0.29, 0.717) is 5.92 Å². The summed E-state index contributed by atoms with van der Waals surface area (Å²) >= 11 is 1.84. The Hall–Kier alpha value is -0.370. The Labute approximate surface area is 85.7 Å². The molecule has 1 heterocycles. The van der Waals surface area contributed by atoms with Gasteiger partial charge < -0.3 is 5.32 Å². The summed E-state index contributed by atoms with van der Waals surface area (Å²) < 4.78 is 0. The van der Waals surface area contributed by atoms with Crippen LogP contribution in [0.5, 0.6) is 0 Å². The third kappa shape index (κ3) is 2.53. The molecule has 0 saturated heterocycles. The summed E-state index contributed by atoms with van der Waals surface area (Å²) in [6, 6.07) is 0. The zero-order chi connectivity index (χ0) is 10.1. The van der Waals surface area contributed by atoms with Gasteiger partial charge in [-0.25, -0.2) is 0 Å². The number of rotatable bonds is 1. The van der Waals surface area contributed by atoms with Gasteiger partial charge in [-0.05, 0) is 11.3 Å². The molecule has 0 amide bonds. The zero-order valence-corrected chi connectivity index (χ0v) is 9.96. The molecule has 0 fully saturated rings. The molecule has 0 aromatic heterocycles. The van der Waals surface area contributed by atoms with Gasteiger partial charge in [-0.15, -0.1) is 0 Å². The highest BCUT2D eigenvalue weighted by Crippen LogP contribution is 2.37. The van der Waals surface area contributed by atoms with Gasteiger partial charge in [0.15, 0.2) is 0 Å². The summed E-state index contributed by atoms with van der Waals surface area (Å²) in [7, 11) is 0.